The first kappa shape index (κ1) is 22.2. The Bertz CT molecular complexity index is 639. The van der Waals surface area contributed by atoms with Gasteiger partial charge in [0.15, 0.2) is 0 Å². The molecule has 0 spiro atoms. The molecule has 10 heteroatoms. The second-order valence-electron chi connectivity index (χ2n) is 6.03. The average Bonchev–Trinajstić information content (AvgIpc) is 2.54. The Balaban J connectivity index is 0.00000312. The van der Waals surface area contributed by atoms with Crippen LogP contribution in [0, 0.1) is 5.41 Å². The lowest BCUT2D eigenvalue weighted by Gasteiger charge is -2.37. The first-order valence-electron chi connectivity index (χ1n) is 7.55. The fraction of sp³-hybridized carbons (Fsp3) is 0.600. The van der Waals surface area contributed by atoms with E-state index < -0.39 is 21.8 Å². The molecule has 25 heavy (non-hydrogen) atoms. The number of nitrogens with one attached hydrogen (secondary N) is 2. The lowest BCUT2D eigenvalue weighted by molar-refractivity contribution is -0.137. The SMILES string of the molecule is COCC1(CNS(=O)(=O)c2ccc(C(F)(F)F)cc2)CCNCC1.Cl. The third kappa shape index (κ3) is 5.82. The van der Waals surface area contributed by atoms with Gasteiger partial charge in [-0.1, -0.05) is 0 Å². The van der Waals surface area contributed by atoms with E-state index >= 15 is 0 Å². The zero-order chi connectivity index (χ0) is 17.8. The van der Waals surface area contributed by atoms with E-state index in [2.05, 4.69) is 10.0 Å². The molecule has 1 aliphatic rings. The highest BCUT2D eigenvalue weighted by Gasteiger charge is 2.34. The van der Waals surface area contributed by atoms with Crippen molar-refractivity contribution in [1.29, 1.82) is 0 Å². The fourth-order valence-corrected chi connectivity index (χ4v) is 3.95. The molecule has 0 saturated carbocycles. The predicted octanol–water partition coefficient (Wildman–Crippen LogP) is 2.42. The topological polar surface area (TPSA) is 67.4 Å². The Morgan fingerprint density at radius 1 is 1.20 bits per heavy atom. The largest absolute Gasteiger partial charge is 0.416 e. The molecule has 1 heterocycles. The summed E-state index contributed by atoms with van der Waals surface area (Å²) in [4.78, 5) is -0.183. The van der Waals surface area contributed by atoms with E-state index in [1.807, 2.05) is 0 Å². The maximum Gasteiger partial charge on any atom is 0.416 e. The molecule has 1 aromatic carbocycles. The number of alkyl halides is 3. The molecule has 5 nitrogen and oxygen atoms in total. The van der Waals surface area contributed by atoms with Crippen LogP contribution >= 0.6 is 12.4 Å². The highest BCUT2D eigenvalue weighted by molar-refractivity contribution is 7.89. The number of halogens is 4. The summed E-state index contributed by atoms with van der Waals surface area (Å²) < 4.78 is 70.1. The lowest BCUT2D eigenvalue weighted by atomic mass is 9.80. The minimum Gasteiger partial charge on any atom is -0.384 e. The van der Waals surface area contributed by atoms with Gasteiger partial charge in [-0.2, -0.15) is 13.2 Å². The van der Waals surface area contributed by atoms with Crippen molar-refractivity contribution in [2.45, 2.75) is 23.9 Å². The standard InChI is InChI=1S/C15H21F3N2O3S.ClH/c1-23-11-14(6-8-19-9-7-14)10-20-24(21,22)13-4-2-12(3-5-13)15(16,17)18;/h2-5,19-20H,6-11H2,1H3;1H. The van der Waals surface area contributed by atoms with Gasteiger partial charge in [0.2, 0.25) is 10.0 Å². The van der Waals surface area contributed by atoms with Crippen molar-refractivity contribution in [3.05, 3.63) is 29.8 Å². The van der Waals surface area contributed by atoms with Gasteiger partial charge in [-0.05, 0) is 50.2 Å². The summed E-state index contributed by atoms with van der Waals surface area (Å²) in [5.41, 5.74) is -1.19. The molecule has 0 aromatic heterocycles. The second kappa shape index (κ2) is 8.68. The molecule has 1 saturated heterocycles. The van der Waals surface area contributed by atoms with Gasteiger partial charge in [-0.15, -0.1) is 12.4 Å². The van der Waals surface area contributed by atoms with Crippen molar-refractivity contribution in [2.75, 3.05) is 33.4 Å². The molecule has 1 fully saturated rings. The van der Waals surface area contributed by atoms with E-state index in [1.54, 1.807) is 7.11 Å². The van der Waals surface area contributed by atoms with E-state index in [0.717, 1.165) is 50.2 Å². The number of benzene rings is 1. The Morgan fingerprint density at radius 3 is 2.24 bits per heavy atom. The quantitative estimate of drug-likeness (QED) is 0.767. The molecular weight excluding hydrogens is 381 g/mol. The van der Waals surface area contributed by atoms with Gasteiger partial charge in [0.1, 0.15) is 0 Å². The number of piperidine rings is 1. The zero-order valence-electron chi connectivity index (χ0n) is 13.7. The van der Waals surface area contributed by atoms with Crippen LogP contribution in [0.5, 0.6) is 0 Å². The van der Waals surface area contributed by atoms with Crippen LogP contribution in [-0.2, 0) is 20.9 Å². The van der Waals surface area contributed by atoms with Crippen LogP contribution in [0.15, 0.2) is 29.2 Å². The minimum atomic E-state index is -4.49. The summed E-state index contributed by atoms with van der Waals surface area (Å²) >= 11 is 0. The summed E-state index contributed by atoms with van der Waals surface area (Å²) in [6.45, 7) is 2.15. The molecular formula is C15H22ClF3N2O3S. The molecule has 144 valence electrons. The average molecular weight is 403 g/mol. The molecule has 0 amide bonds. The summed E-state index contributed by atoms with van der Waals surface area (Å²) in [6.07, 6.45) is -2.97. The highest BCUT2D eigenvalue weighted by Crippen LogP contribution is 2.31. The van der Waals surface area contributed by atoms with Gasteiger partial charge in [-0.3, -0.25) is 0 Å². The molecule has 2 rings (SSSR count). The number of methoxy groups -OCH3 is 1. The third-order valence-corrected chi connectivity index (χ3v) is 5.66. The maximum absolute atomic E-state index is 12.6. The Kier molecular flexibility index (Phi) is 7.70. The van der Waals surface area contributed by atoms with Crippen LogP contribution < -0.4 is 10.0 Å². The van der Waals surface area contributed by atoms with Gasteiger partial charge in [0.25, 0.3) is 0 Å². The van der Waals surface area contributed by atoms with Crippen molar-refractivity contribution in [2.24, 2.45) is 5.41 Å². The van der Waals surface area contributed by atoms with Gasteiger partial charge in [0, 0.05) is 19.1 Å². The number of hydrogen-bond acceptors (Lipinski definition) is 4. The van der Waals surface area contributed by atoms with Crippen LogP contribution in [0.4, 0.5) is 13.2 Å². The molecule has 0 radical (unpaired) electrons. The van der Waals surface area contributed by atoms with E-state index in [-0.39, 0.29) is 29.3 Å². The van der Waals surface area contributed by atoms with Crippen molar-refractivity contribution in [1.82, 2.24) is 10.0 Å². The van der Waals surface area contributed by atoms with Gasteiger partial charge in [0.05, 0.1) is 17.1 Å². The molecule has 0 atom stereocenters. The van der Waals surface area contributed by atoms with Crippen LogP contribution in [0.25, 0.3) is 0 Å². The third-order valence-electron chi connectivity index (χ3n) is 4.24. The Morgan fingerprint density at radius 2 is 1.76 bits per heavy atom. The number of hydrogen-bond donors (Lipinski definition) is 2. The van der Waals surface area contributed by atoms with Crippen molar-refractivity contribution in [3.63, 3.8) is 0 Å². The number of rotatable bonds is 6. The van der Waals surface area contributed by atoms with Crippen LogP contribution in [0.1, 0.15) is 18.4 Å². The molecule has 0 bridgehead atoms. The zero-order valence-corrected chi connectivity index (χ0v) is 15.4. The van der Waals surface area contributed by atoms with Crippen molar-refractivity contribution < 1.29 is 26.3 Å². The first-order chi connectivity index (χ1) is 11.2. The van der Waals surface area contributed by atoms with E-state index in [4.69, 9.17) is 4.74 Å². The molecule has 1 aliphatic heterocycles. The van der Waals surface area contributed by atoms with Crippen LogP contribution in [0.2, 0.25) is 0 Å². The maximum atomic E-state index is 12.6. The van der Waals surface area contributed by atoms with Crippen LogP contribution in [0.3, 0.4) is 0 Å². The highest BCUT2D eigenvalue weighted by atomic mass is 35.5. The monoisotopic (exact) mass is 402 g/mol. The minimum absolute atomic E-state index is 0. The van der Waals surface area contributed by atoms with Gasteiger partial charge < -0.3 is 10.1 Å². The first-order valence-corrected chi connectivity index (χ1v) is 9.03. The normalized spacial score (nSPS) is 17.8. The van der Waals surface area contributed by atoms with Crippen LogP contribution in [-0.4, -0.2) is 41.8 Å². The van der Waals surface area contributed by atoms with Gasteiger partial charge >= 0.3 is 6.18 Å². The van der Waals surface area contributed by atoms with Crippen molar-refractivity contribution >= 4 is 22.4 Å². The molecule has 1 aromatic rings. The number of sulfonamides is 1. The molecule has 2 N–H and O–H groups in total. The fourth-order valence-electron chi connectivity index (χ4n) is 2.79. The van der Waals surface area contributed by atoms with E-state index in [9.17, 15) is 21.6 Å². The lowest BCUT2D eigenvalue weighted by Crippen LogP contribution is -2.47. The van der Waals surface area contributed by atoms with E-state index in [0.29, 0.717) is 6.61 Å². The molecule has 0 unspecified atom stereocenters. The summed E-state index contributed by atoms with van der Waals surface area (Å²) in [5, 5.41) is 3.21. The Labute approximate surface area is 151 Å². The molecule has 0 aliphatic carbocycles. The second-order valence-corrected chi connectivity index (χ2v) is 7.80. The predicted molar refractivity (Wildman–Crippen MR) is 90.3 cm³/mol. The van der Waals surface area contributed by atoms with E-state index in [1.165, 1.54) is 0 Å². The summed E-state index contributed by atoms with van der Waals surface area (Å²) in [6, 6.07) is 3.47. The Hall–Kier alpha value is -0.870. The smallest absolute Gasteiger partial charge is 0.384 e. The summed E-state index contributed by atoms with van der Waals surface area (Å²) in [5.74, 6) is 0. The number of ether oxygens (including phenoxy) is 1. The van der Waals surface area contributed by atoms with Gasteiger partial charge in [-0.25, -0.2) is 13.1 Å². The summed E-state index contributed by atoms with van der Waals surface area (Å²) in [7, 11) is -2.31. The van der Waals surface area contributed by atoms with Crippen molar-refractivity contribution in [3.8, 4) is 0 Å².